The maximum absolute atomic E-state index is 13.5. The number of aryl methyl sites for hydroxylation is 1. The summed E-state index contributed by atoms with van der Waals surface area (Å²) in [6.45, 7) is 6.30. The minimum absolute atomic E-state index is 0.132. The number of nitrogens with zero attached hydrogens (tertiary/aromatic N) is 2. The molecule has 1 N–H and O–H groups in total. The number of rotatable bonds is 5. The third kappa shape index (κ3) is 4.39. The van der Waals surface area contributed by atoms with Crippen molar-refractivity contribution < 1.29 is 14.3 Å². The van der Waals surface area contributed by atoms with Crippen LogP contribution in [0.25, 0.3) is 0 Å². The zero-order valence-electron chi connectivity index (χ0n) is 15.1. The van der Waals surface area contributed by atoms with E-state index in [0.29, 0.717) is 24.9 Å². The van der Waals surface area contributed by atoms with E-state index in [1.54, 1.807) is 6.07 Å². The van der Waals surface area contributed by atoms with E-state index in [1.807, 2.05) is 24.0 Å². The number of carbonyl (C=O) groups is 1. The first-order chi connectivity index (χ1) is 12.0. The number of carbonyl (C=O) groups excluding carboxylic acids is 1. The van der Waals surface area contributed by atoms with Crippen LogP contribution in [0.15, 0.2) is 18.2 Å². The van der Waals surface area contributed by atoms with Gasteiger partial charge in [0.25, 0.3) is 0 Å². The van der Waals surface area contributed by atoms with Gasteiger partial charge < -0.3 is 10.0 Å². The summed E-state index contributed by atoms with van der Waals surface area (Å²) in [4.78, 5) is 16.6. The van der Waals surface area contributed by atoms with Gasteiger partial charge in [-0.15, -0.1) is 0 Å². The molecule has 1 amide bonds. The fourth-order valence-electron chi connectivity index (χ4n) is 4.41. The maximum atomic E-state index is 13.5. The topological polar surface area (TPSA) is 43.8 Å². The van der Waals surface area contributed by atoms with Gasteiger partial charge in [0.05, 0.1) is 0 Å². The van der Waals surface area contributed by atoms with Gasteiger partial charge in [0, 0.05) is 44.6 Å². The number of aliphatic hydroxyl groups excluding tert-OH is 1. The summed E-state index contributed by atoms with van der Waals surface area (Å²) in [5.41, 5.74) is 2.03. The Morgan fingerprint density at radius 3 is 2.88 bits per heavy atom. The summed E-state index contributed by atoms with van der Waals surface area (Å²) >= 11 is 0. The highest BCUT2D eigenvalue weighted by molar-refractivity contribution is 5.77. The van der Waals surface area contributed by atoms with Crippen molar-refractivity contribution in [3.05, 3.63) is 35.1 Å². The van der Waals surface area contributed by atoms with Crippen molar-refractivity contribution in [1.29, 1.82) is 0 Å². The van der Waals surface area contributed by atoms with Crippen LogP contribution in [0.1, 0.15) is 43.2 Å². The summed E-state index contributed by atoms with van der Waals surface area (Å²) in [7, 11) is 0. The van der Waals surface area contributed by atoms with Crippen LogP contribution in [0.5, 0.6) is 0 Å². The van der Waals surface area contributed by atoms with E-state index in [-0.39, 0.29) is 23.7 Å². The van der Waals surface area contributed by atoms with Crippen molar-refractivity contribution >= 4 is 5.91 Å². The van der Waals surface area contributed by atoms with Crippen LogP contribution in [0, 0.1) is 18.2 Å². The maximum Gasteiger partial charge on any atom is 0.222 e. The number of piperidine rings is 2. The van der Waals surface area contributed by atoms with Crippen LogP contribution in [-0.4, -0.2) is 53.6 Å². The van der Waals surface area contributed by atoms with E-state index in [4.69, 9.17) is 5.11 Å². The van der Waals surface area contributed by atoms with Crippen molar-refractivity contribution in [2.45, 2.75) is 45.6 Å². The standard InChI is InChI=1S/C20H29FN2O2/c1-16-12-17(4-5-18(16)21)13-22-9-2-7-20(14-22)8-6-19(25)23(15-20)10-3-11-24/h4-5,12,24H,2-3,6-11,13-15H2,1H3/t20-/m1/s1. The molecule has 0 aliphatic carbocycles. The third-order valence-corrected chi connectivity index (χ3v) is 5.70. The normalized spacial score (nSPS) is 24.9. The summed E-state index contributed by atoms with van der Waals surface area (Å²) in [6, 6.07) is 5.37. The molecule has 5 heteroatoms. The molecule has 0 bridgehead atoms. The molecule has 0 aromatic heterocycles. The van der Waals surface area contributed by atoms with Crippen LogP contribution >= 0.6 is 0 Å². The predicted molar refractivity (Wildman–Crippen MR) is 95.6 cm³/mol. The lowest BCUT2D eigenvalue weighted by Crippen LogP contribution is -2.54. The van der Waals surface area contributed by atoms with Gasteiger partial charge in [-0.05, 0) is 56.3 Å². The molecular formula is C20H29FN2O2. The first-order valence-electron chi connectivity index (χ1n) is 9.37. The van der Waals surface area contributed by atoms with E-state index < -0.39 is 0 Å². The highest BCUT2D eigenvalue weighted by atomic mass is 19.1. The molecule has 3 rings (SSSR count). The number of hydrogen-bond donors (Lipinski definition) is 1. The summed E-state index contributed by atoms with van der Waals surface area (Å²) in [6.07, 6.45) is 4.53. The Kier molecular flexibility index (Phi) is 5.74. The largest absolute Gasteiger partial charge is 0.396 e. The lowest BCUT2D eigenvalue weighted by Gasteiger charge is -2.48. The summed E-state index contributed by atoms with van der Waals surface area (Å²) in [5.74, 6) is 0.0783. The fraction of sp³-hybridized carbons (Fsp3) is 0.650. The molecule has 1 atom stereocenters. The second-order valence-corrected chi connectivity index (χ2v) is 7.79. The quantitative estimate of drug-likeness (QED) is 0.890. The zero-order valence-corrected chi connectivity index (χ0v) is 15.1. The molecule has 25 heavy (non-hydrogen) atoms. The van der Waals surface area contributed by atoms with E-state index >= 15 is 0 Å². The highest BCUT2D eigenvalue weighted by Crippen LogP contribution is 2.39. The van der Waals surface area contributed by atoms with Crippen molar-refractivity contribution in [2.24, 2.45) is 5.41 Å². The van der Waals surface area contributed by atoms with Gasteiger partial charge in [-0.2, -0.15) is 0 Å². The van der Waals surface area contributed by atoms with Gasteiger partial charge in [0.2, 0.25) is 5.91 Å². The third-order valence-electron chi connectivity index (χ3n) is 5.70. The van der Waals surface area contributed by atoms with E-state index in [1.165, 1.54) is 0 Å². The molecule has 1 spiro atoms. The van der Waals surface area contributed by atoms with Gasteiger partial charge in [0.1, 0.15) is 5.82 Å². The minimum atomic E-state index is -0.149. The first-order valence-corrected chi connectivity index (χ1v) is 9.37. The number of amides is 1. The lowest BCUT2D eigenvalue weighted by atomic mass is 9.73. The second-order valence-electron chi connectivity index (χ2n) is 7.79. The molecular weight excluding hydrogens is 319 g/mol. The lowest BCUT2D eigenvalue weighted by molar-refractivity contribution is -0.139. The Bertz CT molecular complexity index is 622. The number of benzene rings is 1. The number of hydrogen-bond acceptors (Lipinski definition) is 3. The minimum Gasteiger partial charge on any atom is -0.396 e. The van der Waals surface area contributed by atoms with Gasteiger partial charge in [-0.1, -0.05) is 12.1 Å². The number of halogens is 1. The molecule has 2 fully saturated rings. The Hall–Kier alpha value is -1.46. The smallest absolute Gasteiger partial charge is 0.222 e. The molecule has 0 radical (unpaired) electrons. The molecule has 0 unspecified atom stereocenters. The van der Waals surface area contributed by atoms with E-state index in [2.05, 4.69) is 4.90 Å². The molecule has 1 aromatic carbocycles. The van der Waals surface area contributed by atoms with Crippen LogP contribution in [0.4, 0.5) is 4.39 Å². The molecule has 2 aliphatic heterocycles. The second kappa shape index (κ2) is 7.83. The molecule has 4 nitrogen and oxygen atoms in total. The number of likely N-dealkylation sites (tertiary alicyclic amines) is 2. The Labute approximate surface area is 149 Å². The molecule has 2 aliphatic rings. The van der Waals surface area contributed by atoms with Crippen LogP contribution in [0.3, 0.4) is 0 Å². The van der Waals surface area contributed by atoms with Crippen molar-refractivity contribution in [3.63, 3.8) is 0 Å². The molecule has 0 saturated carbocycles. The van der Waals surface area contributed by atoms with Crippen molar-refractivity contribution in [1.82, 2.24) is 9.80 Å². The average Bonchev–Trinajstić information content (AvgIpc) is 2.59. The van der Waals surface area contributed by atoms with Crippen LogP contribution in [-0.2, 0) is 11.3 Å². The summed E-state index contributed by atoms with van der Waals surface area (Å²) in [5, 5.41) is 9.06. The highest BCUT2D eigenvalue weighted by Gasteiger charge is 2.41. The van der Waals surface area contributed by atoms with Crippen LogP contribution < -0.4 is 0 Å². The predicted octanol–water partition coefficient (Wildman–Crippen LogP) is 2.72. The monoisotopic (exact) mass is 348 g/mol. The van der Waals surface area contributed by atoms with Gasteiger partial charge in [-0.25, -0.2) is 4.39 Å². The Morgan fingerprint density at radius 2 is 2.12 bits per heavy atom. The van der Waals surface area contributed by atoms with E-state index in [0.717, 1.165) is 51.0 Å². The first kappa shape index (κ1) is 18.3. The van der Waals surface area contributed by atoms with Crippen molar-refractivity contribution in [3.8, 4) is 0 Å². The Balaban J connectivity index is 1.65. The summed E-state index contributed by atoms with van der Waals surface area (Å²) < 4.78 is 13.5. The molecule has 2 saturated heterocycles. The zero-order chi connectivity index (χ0) is 17.9. The SMILES string of the molecule is Cc1cc(CN2CCC[C@@]3(CCC(=O)N(CCCO)C3)C2)ccc1F. The Morgan fingerprint density at radius 1 is 1.28 bits per heavy atom. The molecule has 138 valence electrons. The molecule has 2 heterocycles. The van der Waals surface area contributed by atoms with Gasteiger partial charge >= 0.3 is 0 Å². The fourth-order valence-corrected chi connectivity index (χ4v) is 4.41. The molecule has 1 aromatic rings. The van der Waals surface area contributed by atoms with Gasteiger partial charge in [-0.3, -0.25) is 9.69 Å². The van der Waals surface area contributed by atoms with E-state index in [9.17, 15) is 9.18 Å². The van der Waals surface area contributed by atoms with Crippen LogP contribution in [0.2, 0.25) is 0 Å². The van der Waals surface area contributed by atoms with Gasteiger partial charge in [0.15, 0.2) is 0 Å². The average molecular weight is 348 g/mol. The number of aliphatic hydroxyl groups is 1. The van der Waals surface area contributed by atoms with Crippen molar-refractivity contribution in [2.75, 3.05) is 32.8 Å².